The number of aromatic nitrogens is 2. The van der Waals surface area contributed by atoms with Gasteiger partial charge in [-0.15, -0.1) is 0 Å². The molecule has 0 bridgehead atoms. The molecule has 190 valence electrons. The van der Waals surface area contributed by atoms with Crippen LogP contribution in [0.25, 0.3) is 5.83 Å². The lowest BCUT2D eigenvalue weighted by molar-refractivity contribution is -0.123. The van der Waals surface area contributed by atoms with E-state index in [1.807, 2.05) is 0 Å². The Hall–Kier alpha value is -4.76. The molecule has 0 radical (unpaired) electrons. The highest BCUT2D eigenvalue weighted by atomic mass is 19.4. The van der Waals surface area contributed by atoms with Crippen molar-refractivity contribution in [2.45, 2.75) is 12.7 Å². The van der Waals surface area contributed by atoms with E-state index in [1.54, 1.807) is 18.2 Å². The van der Waals surface area contributed by atoms with Crippen molar-refractivity contribution in [3.05, 3.63) is 53.2 Å². The summed E-state index contributed by atoms with van der Waals surface area (Å²) in [7, 11) is 0. The zero-order chi connectivity index (χ0) is 26.5. The average molecular weight is 511 g/mol. The third-order valence-corrected chi connectivity index (χ3v) is 4.31. The van der Waals surface area contributed by atoms with Gasteiger partial charge in [-0.05, 0) is 17.7 Å². The van der Waals surface area contributed by atoms with Gasteiger partial charge in [0.2, 0.25) is 5.90 Å². The molecule has 0 saturated heterocycles. The van der Waals surface area contributed by atoms with E-state index in [9.17, 15) is 31.9 Å². The maximum atomic E-state index is 14.0. The third kappa shape index (κ3) is 6.87. The Labute approximate surface area is 199 Å². The van der Waals surface area contributed by atoms with Crippen LogP contribution in [0.15, 0.2) is 30.5 Å². The number of halogens is 4. The van der Waals surface area contributed by atoms with Gasteiger partial charge in [-0.2, -0.15) is 13.2 Å². The number of alkyl halides is 3. The van der Waals surface area contributed by atoms with Crippen LogP contribution in [0.2, 0.25) is 0 Å². The third-order valence-electron chi connectivity index (χ3n) is 4.31. The number of hydrogen-bond acceptors (Lipinski definition) is 9. The molecule has 1 aliphatic heterocycles. The summed E-state index contributed by atoms with van der Waals surface area (Å²) in [5.41, 5.74) is 5.00. The first-order chi connectivity index (χ1) is 16.9. The molecule has 12 nitrogen and oxygen atoms in total. The number of carbonyl (C=O) groups excluding carboxylic acids is 3. The highest BCUT2D eigenvalue weighted by molar-refractivity contribution is 6.00. The van der Waals surface area contributed by atoms with E-state index in [0.29, 0.717) is 23.2 Å². The topological polar surface area (TPSA) is 181 Å². The highest BCUT2D eigenvalue weighted by Crippen LogP contribution is 2.28. The lowest BCUT2D eigenvalue weighted by Crippen LogP contribution is -2.35. The molecule has 0 spiro atoms. The van der Waals surface area contributed by atoms with Crippen LogP contribution in [0.5, 0.6) is 5.75 Å². The first-order valence-corrected chi connectivity index (χ1v) is 9.87. The van der Waals surface area contributed by atoms with E-state index < -0.39 is 53.7 Å². The summed E-state index contributed by atoms with van der Waals surface area (Å²) >= 11 is 0. The molecule has 0 fully saturated rings. The first kappa shape index (κ1) is 25.9. The maximum Gasteiger partial charge on any atom is 0.414 e. The summed E-state index contributed by atoms with van der Waals surface area (Å²) in [6, 6.07) is 5.63. The molecular formula is C20H17F4N7O5. The van der Waals surface area contributed by atoms with Crippen LogP contribution in [0.3, 0.4) is 0 Å². The molecule has 1 aliphatic rings. The molecule has 1 aromatic carbocycles. The second kappa shape index (κ2) is 10.7. The van der Waals surface area contributed by atoms with Gasteiger partial charge in [-0.1, -0.05) is 6.07 Å². The molecule has 2 heterocycles. The average Bonchev–Trinajstić information content (AvgIpc) is 2.84. The number of anilines is 1. The van der Waals surface area contributed by atoms with E-state index in [-0.39, 0.29) is 19.1 Å². The summed E-state index contributed by atoms with van der Waals surface area (Å²) in [5, 5.41) is 14.2. The number of ether oxygens (including phenoxy) is 2. The summed E-state index contributed by atoms with van der Waals surface area (Å²) in [6.45, 7) is -1.91. The largest absolute Gasteiger partial charge is 0.482 e. The van der Waals surface area contributed by atoms with Gasteiger partial charge in [0.25, 0.3) is 11.8 Å². The van der Waals surface area contributed by atoms with Crippen LogP contribution in [0.1, 0.15) is 27.6 Å². The Morgan fingerprint density at radius 2 is 1.94 bits per heavy atom. The minimum Gasteiger partial charge on any atom is -0.482 e. The first-order valence-electron chi connectivity index (χ1n) is 9.87. The van der Waals surface area contributed by atoms with E-state index >= 15 is 0 Å². The summed E-state index contributed by atoms with van der Waals surface area (Å²) in [6.07, 6.45) is -5.87. The Morgan fingerprint density at radius 1 is 1.22 bits per heavy atom. The molecular weight excluding hydrogens is 494 g/mol. The van der Waals surface area contributed by atoms with Gasteiger partial charge in [-0.3, -0.25) is 15.0 Å². The molecule has 0 aliphatic carbocycles. The Kier molecular flexibility index (Phi) is 7.66. The molecule has 1 aromatic heterocycles. The Balaban J connectivity index is 1.75. The predicted molar refractivity (Wildman–Crippen MR) is 114 cm³/mol. The van der Waals surface area contributed by atoms with Gasteiger partial charge in [-0.25, -0.2) is 19.2 Å². The monoisotopic (exact) mass is 511 g/mol. The zero-order valence-corrected chi connectivity index (χ0v) is 18.0. The quantitative estimate of drug-likeness (QED) is 0.220. The molecule has 0 saturated carbocycles. The SMILES string of the molecule is N=C(OC(=O)NCC(F)(F)F)c1cc(C(=O)NCc2ccc3c(c2)NC(=O)CO3)nc(C(F)=CN)n1. The van der Waals surface area contributed by atoms with Gasteiger partial charge in [0, 0.05) is 18.8 Å². The Bertz CT molecular complexity index is 1250. The van der Waals surface area contributed by atoms with Crippen molar-refractivity contribution in [1.29, 1.82) is 5.41 Å². The second-order valence-electron chi connectivity index (χ2n) is 7.01. The van der Waals surface area contributed by atoms with Crippen molar-refractivity contribution < 1.29 is 41.4 Å². The molecule has 6 N–H and O–H groups in total. The van der Waals surface area contributed by atoms with Gasteiger partial charge in [0.05, 0.1) is 5.69 Å². The summed E-state index contributed by atoms with van der Waals surface area (Å²) in [4.78, 5) is 42.9. The number of nitrogens with zero attached hydrogens (tertiary/aromatic N) is 2. The molecule has 3 rings (SSSR count). The summed E-state index contributed by atoms with van der Waals surface area (Å²) < 4.78 is 60.3. The molecule has 36 heavy (non-hydrogen) atoms. The zero-order valence-electron chi connectivity index (χ0n) is 18.0. The lowest BCUT2D eigenvalue weighted by Gasteiger charge is -2.18. The maximum absolute atomic E-state index is 14.0. The second-order valence-corrected chi connectivity index (χ2v) is 7.01. The predicted octanol–water partition coefficient (Wildman–Crippen LogP) is 1.58. The minimum absolute atomic E-state index is 0.0698. The fraction of sp³-hybridized carbons (Fsp3) is 0.200. The number of carbonyl (C=O) groups is 3. The smallest absolute Gasteiger partial charge is 0.414 e. The van der Waals surface area contributed by atoms with Crippen molar-refractivity contribution in [3.8, 4) is 5.75 Å². The Morgan fingerprint density at radius 3 is 2.64 bits per heavy atom. The van der Waals surface area contributed by atoms with E-state index in [1.165, 1.54) is 5.32 Å². The van der Waals surface area contributed by atoms with Crippen LogP contribution in [-0.2, 0) is 16.1 Å². The van der Waals surface area contributed by atoms with Gasteiger partial charge < -0.3 is 31.2 Å². The number of amides is 3. The normalized spacial score (nSPS) is 13.1. The molecule has 0 atom stereocenters. The fourth-order valence-electron chi connectivity index (χ4n) is 2.73. The van der Waals surface area contributed by atoms with Crippen LogP contribution in [0.4, 0.5) is 28.0 Å². The van der Waals surface area contributed by atoms with Crippen LogP contribution < -0.4 is 26.4 Å². The standard InChI is InChI=1S/C20H17F4N7O5/c21-10(5-25)17-30-12(16(26)36-19(34)28-8-20(22,23)24)4-13(31-17)18(33)27-6-9-1-2-14-11(3-9)29-15(32)7-35-14/h1-5,26H,6-8,25H2,(H,27,33)(H,28,34)(H,29,32). The van der Waals surface area contributed by atoms with E-state index in [2.05, 4.69) is 25.3 Å². The van der Waals surface area contributed by atoms with Crippen molar-refractivity contribution in [2.75, 3.05) is 18.5 Å². The number of nitrogens with one attached hydrogen (secondary N) is 4. The lowest BCUT2D eigenvalue weighted by atomic mass is 10.1. The number of rotatable bonds is 6. The van der Waals surface area contributed by atoms with E-state index in [4.69, 9.17) is 15.9 Å². The van der Waals surface area contributed by atoms with E-state index in [0.717, 1.165) is 6.07 Å². The number of hydrogen-bond donors (Lipinski definition) is 5. The van der Waals surface area contributed by atoms with Crippen molar-refractivity contribution in [1.82, 2.24) is 20.6 Å². The van der Waals surface area contributed by atoms with Crippen molar-refractivity contribution in [2.24, 2.45) is 5.73 Å². The van der Waals surface area contributed by atoms with Crippen LogP contribution in [-0.4, -0.2) is 53.1 Å². The van der Waals surface area contributed by atoms with Crippen molar-refractivity contribution >= 4 is 35.3 Å². The molecule has 3 amide bonds. The van der Waals surface area contributed by atoms with Crippen molar-refractivity contribution in [3.63, 3.8) is 0 Å². The fourth-order valence-corrected chi connectivity index (χ4v) is 2.73. The van der Waals surface area contributed by atoms with Crippen LogP contribution >= 0.6 is 0 Å². The number of alkyl carbamates (subject to hydrolysis) is 1. The minimum atomic E-state index is -4.72. The number of benzene rings is 1. The number of nitrogens with two attached hydrogens (primary N) is 1. The van der Waals surface area contributed by atoms with Crippen LogP contribution in [0, 0.1) is 5.41 Å². The highest BCUT2D eigenvalue weighted by Gasteiger charge is 2.28. The number of fused-ring (bicyclic) bond motifs is 1. The van der Waals surface area contributed by atoms with Gasteiger partial charge in [0.1, 0.15) is 23.7 Å². The summed E-state index contributed by atoms with van der Waals surface area (Å²) in [5.74, 6) is -3.78. The van der Waals surface area contributed by atoms with Gasteiger partial charge in [0.15, 0.2) is 18.3 Å². The molecule has 0 unspecified atom stereocenters. The molecule has 2 aromatic rings. The molecule has 16 heteroatoms. The van der Waals surface area contributed by atoms with Gasteiger partial charge >= 0.3 is 12.3 Å².